The summed E-state index contributed by atoms with van der Waals surface area (Å²) in [4.78, 5) is 24.4. The minimum atomic E-state index is -0.363. The van der Waals surface area contributed by atoms with Gasteiger partial charge in [0.05, 0.1) is 6.04 Å². The summed E-state index contributed by atoms with van der Waals surface area (Å²) < 4.78 is 15.2. The van der Waals surface area contributed by atoms with Gasteiger partial charge in [0.15, 0.2) is 16.7 Å². The summed E-state index contributed by atoms with van der Waals surface area (Å²) in [5.74, 6) is 0.896. The van der Waals surface area contributed by atoms with Crippen LogP contribution in [-0.4, -0.2) is 42.1 Å². The normalized spacial score (nSPS) is 16.4. The quantitative estimate of drug-likeness (QED) is 0.521. The first-order valence-electron chi connectivity index (χ1n) is 8.83. The third kappa shape index (κ3) is 2.66. The number of rotatable bonds is 2. The largest absolute Gasteiger partial charge is 0.327 e. The SMILES string of the molecule is C[C@@H]1c2nnc(-c3nc4cccnc4s3)n2CCN1C(=O)c1ccc(F)cc1. The lowest BCUT2D eigenvalue weighted by Gasteiger charge is -2.33. The van der Waals surface area contributed by atoms with Crippen LogP contribution in [0, 0.1) is 5.82 Å². The van der Waals surface area contributed by atoms with E-state index in [2.05, 4.69) is 20.2 Å². The predicted octanol–water partition coefficient (Wildman–Crippen LogP) is 3.31. The van der Waals surface area contributed by atoms with Crippen molar-refractivity contribution in [1.29, 1.82) is 0 Å². The topological polar surface area (TPSA) is 76.8 Å². The lowest BCUT2D eigenvalue weighted by atomic mass is 10.1. The number of hydrogen-bond donors (Lipinski definition) is 0. The molecule has 5 rings (SSSR count). The van der Waals surface area contributed by atoms with Gasteiger partial charge in [0.2, 0.25) is 0 Å². The molecular weight excluding hydrogens is 379 g/mol. The van der Waals surface area contributed by atoms with Crippen molar-refractivity contribution in [1.82, 2.24) is 29.6 Å². The first-order valence-corrected chi connectivity index (χ1v) is 9.65. The number of halogens is 1. The van der Waals surface area contributed by atoms with E-state index in [1.54, 1.807) is 11.1 Å². The number of benzene rings is 1. The van der Waals surface area contributed by atoms with Crippen LogP contribution in [0.3, 0.4) is 0 Å². The van der Waals surface area contributed by atoms with Gasteiger partial charge in [-0.2, -0.15) is 0 Å². The summed E-state index contributed by atoms with van der Waals surface area (Å²) in [6.07, 6.45) is 1.74. The molecule has 0 radical (unpaired) electrons. The Labute approximate surface area is 163 Å². The van der Waals surface area contributed by atoms with Crippen molar-refractivity contribution in [3.63, 3.8) is 0 Å². The van der Waals surface area contributed by atoms with Crippen LogP contribution in [0.25, 0.3) is 21.2 Å². The lowest BCUT2D eigenvalue weighted by Crippen LogP contribution is -2.41. The van der Waals surface area contributed by atoms with Crippen molar-refractivity contribution in [3.05, 3.63) is 59.8 Å². The zero-order valence-corrected chi connectivity index (χ0v) is 15.7. The summed E-state index contributed by atoms with van der Waals surface area (Å²) in [6.45, 7) is 3.00. The molecule has 140 valence electrons. The molecule has 3 aromatic heterocycles. The van der Waals surface area contributed by atoms with Crippen LogP contribution >= 0.6 is 11.3 Å². The molecule has 0 N–H and O–H groups in total. The molecule has 0 bridgehead atoms. The molecule has 0 unspecified atom stereocenters. The van der Waals surface area contributed by atoms with E-state index in [1.165, 1.54) is 35.6 Å². The Morgan fingerprint density at radius 2 is 2.00 bits per heavy atom. The smallest absolute Gasteiger partial charge is 0.254 e. The fraction of sp³-hybridized carbons (Fsp3) is 0.211. The summed E-state index contributed by atoms with van der Waals surface area (Å²) in [7, 11) is 0. The van der Waals surface area contributed by atoms with Gasteiger partial charge in [-0.1, -0.05) is 11.3 Å². The van der Waals surface area contributed by atoms with E-state index < -0.39 is 0 Å². The number of pyridine rings is 1. The highest BCUT2D eigenvalue weighted by atomic mass is 32.1. The van der Waals surface area contributed by atoms with Gasteiger partial charge in [-0.25, -0.2) is 14.4 Å². The number of fused-ring (bicyclic) bond motifs is 2. The highest BCUT2D eigenvalue weighted by molar-refractivity contribution is 7.21. The fourth-order valence-corrected chi connectivity index (χ4v) is 4.35. The predicted molar refractivity (Wildman–Crippen MR) is 102 cm³/mol. The zero-order chi connectivity index (χ0) is 19.3. The molecule has 0 saturated carbocycles. The maximum Gasteiger partial charge on any atom is 0.254 e. The Hall–Kier alpha value is -3.20. The van der Waals surface area contributed by atoms with Crippen molar-refractivity contribution >= 4 is 27.6 Å². The van der Waals surface area contributed by atoms with Crippen molar-refractivity contribution < 1.29 is 9.18 Å². The van der Waals surface area contributed by atoms with E-state index in [-0.39, 0.29) is 17.8 Å². The third-order valence-electron chi connectivity index (χ3n) is 4.89. The van der Waals surface area contributed by atoms with Gasteiger partial charge in [-0.05, 0) is 43.3 Å². The molecule has 1 aromatic carbocycles. The number of hydrogen-bond acceptors (Lipinski definition) is 6. The molecule has 28 heavy (non-hydrogen) atoms. The molecule has 1 aliphatic heterocycles. The number of amides is 1. The molecule has 1 amide bonds. The van der Waals surface area contributed by atoms with Crippen LogP contribution in [0.1, 0.15) is 29.1 Å². The standard InChI is InChI=1S/C19H15FN6OS/c1-11-15-23-24-16(18-22-14-3-2-8-21-17(14)28-18)26(15)10-9-25(11)19(27)12-4-6-13(20)7-5-12/h2-8,11H,9-10H2,1H3/t11-/m1/s1. The number of thiazole rings is 1. The van der Waals surface area contributed by atoms with E-state index in [0.29, 0.717) is 30.3 Å². The van der Waals surface area contributed by atoms with Gasteiger partial charge >= 0.3 is 0 Å². The van der Waals surface area contributed by atoms with Gasteiger partial charge in [0, 0.05) is 24.8 Å². The molecule has 0 spiro atoms. The Bertz CT molecular complexity index is 1150. The summed E-state index contributed by atoms with van der Waals surface area (Å²) >= 11 is 1.47. The van der Waals surface area contributed by atoms with Gasteiger partial charge < -0.3 is 9.47 Å². The Kier molecular flexibility index (Phi) is 3.90. The number of carbonyl (C=O) groups excluding carboxylic acids is 1. The van der Waals surface area contributed by atoms with Gasteiger partial charge in [0.25, 0.3) is 5.91 Å². The van der Waals surface area contributed by atoms with Crippen molar-refractivity contribution in [2.75, 3.05) is 6.54 Å². The van der Waals surface area contributed by atoms with Crippen molar-refractivity contribution in [3.8, 4) is 10.8 Å². The van der Waals surface area contributed by atoms with Crippen LogP contribution in [0.2, 0.25) is 0 Å². The monoisotopic (exact) mass is 394 g/mol. The third-order valence-corrected chi connectivity index (χ3v) is 5.87. The zero-order valence-electron chi connectivity index (χ0n) is 14.9. The summed E-state index contributed by atoms with van der Waals surface area (Å²) in [5.41, 5.74) is 1.29. The Morgan fingerprint density at radius 1 is 1.18 bits per heavy atom. The molecule has 1 atom stereocenters. The molecule has 7 nitrogen and oxygen atoms in total. The second kappa shape index (κ2) is 6.45. The van der Waals surface area contributed by atoms with Crippen LogP contribution < -0.4 is 0 Å². The van der Waals surface area contributed by atoms with E-state index in [0.717, 1.165) is 15.4 Å². The highest BCUT2D eigenvalue weighted by Gasteiger charge is 2.32. The first kappa shape index (κ1) is 16.9. The molecule has 0 aliphatic carbocycles. The van der Waals surface area contributed by atoms with E-state index in [4.69, 9.17) is 0 Å². The lowest BCUT2D eigenvalue weighted by molar-refractivity contribution is 0.0638. The second-order valence-corrected chi connectivity index (χ2v) is 7.54. The average molecular weight is 394 g/mol. The van der Waals surface area contributed by atoms with Crippen LogP contribution in [0.15, 0.2) is 42.6 Å². The summed E-state index contributed by atoms with van der Waals surface area (Å²) in [6, 6.07) is 9.12. The maximum atomic E-state index is 13.2. The van der Waals surface area contributed by atoms with Crippen LogP contribution in [0.4, 0.5) is 4.39 Å². The van der Waals surface area contributed by atoms with Crippen LogP contribution in [0.5, 0.6) is 0 Å². The highest BCUT2D eigenvalue weighted by Crippen LogP contribution is 2.32. The minimum absolute atomic E-state index is 0.146. The fourth-order valence-electron chi connectivity index (χ4n) is 3.44. The van der Waals surface area contributed by atoms with Crippen LogP contribution in [-0.2, 0) is 6.54 Å². The minimum Gasteiger partial charge on any atom is -0.327 e. The molecule has 1 aliphatic rings. The molecular formula is C19H15FN6OS. The summed E-state index contributed by atoms with van der Waals surface area (Å²) in [5, 5.41) is 9.43. The van der Waals surface area contributed by atoms with E-state index >= 15 is 0 Å². The van der Waals surface area contributed by atoms with Gasteiger partial charge in [-0.15, -0.1) is 10.2 Å². The Balaban J connectivity index is 1.47. The maximum absolute atomic E-state index is 13.2. The van der Waals surface area contributed by atoms with Crippen molar-refractivity contribution in [2.24, 2.45) is 0 Å². The molecule has 9 heteroatoms. The van der Waals surface area contributed by atoms with Gasteiger partial charge in [0.1, 0.15) is 16.2 Å². The number of carbonyl (C=O) groups is 1. The van der Waals surface area contributed by atoms with E-state index in [9.17, 15) is 9.18 Å². The molecule has 0 saturated heterocycles. The number of aromatic nitrogens is 5. The second-order valence-electron chi connectivity index (χ2n) is 6.56. The van der Waals surface area contributed by atoms with Gasteiger partial charge in [-0.3, -0.25) is 4.79 Å². The first-order chi connectivity index (χ1) is 13.6. The molecule has 0 fully saturated rings. The number of nitrogens with zero attached hydrogens (tertiary/aromatic N) is 6. The Morgan fingerprint density at radius 3 is 2.79 bits per heavy atom. The molecule has 4 heterocycles. The van der Waals surface area contributed by atoms with Crippen molar-refractivity contribution in [2.45, 2.75) is 19.5 Å². The van der Waals surface area contributed by atoms with E-state index in [1.807, 2.05) is 23.6 Å². The average Bonchev–Trinajstić information content (AvgIpc) is 3.32. The molecule has 4 aromatic rings.